The molecule has 0 unspecified atom stereocenters. The fourth-order valence-electron chi connectivity index (χ4n) is 3.69. The number of hydrazone groups is 1. The second-order valence-electron chi connectivity index (χ2n) is 7.81. The Morgan fingerprint density at radius 1 is 0.861 bits per heavy atom. The highest BCUT2D eigenvalue weighted by atomic mass is 16.5. The SMILES string of the molecule is COc1ccc(-c2[nH]n(-c3ccccc3)c(=O)c2C(C)=NNC(=O)c2cc(OC)cc(OC)c2)cc1. The number of rotatable bonds is 8. The van der Waals surface area contributed by atoms with Crippen LogP contribution in [0.25, 0.3) is 16.9 Å². The maximum atomic E-state index is 13.5. The number of benzene rings is 3. The second-order valence-corrected chi connectivity index (χ2v) is 7.81. The van der Waals surface area contributed by atoms with E-state index in [0.29, 0.717) is 45.5 Å². The van der Waals surface area contributed by atoms with Gasteiger partial charge in [-0.05, 0) is 55.5 Å². The molecule has 0 atom stereocenters. The number of ether oxygens (including phenoxy) is 3. The van der Waals surface area contributed by atoms with E-state index < -0.39 is 5.91 Å². The van der Waals surface area contributed by atoms with Crippen LogP contribution in [0.4, 0.5) is 0 Å². The van der Waals surface area contributed by atoms with Crippen LogP contribution in [-0.2, 0) is 0 Å². The number of H-pyrrole nitrogens is 1. The zero-order valence-corrected chi connectivity index (χ0v) is 20.4. The van der Waals surface area contributed by atoms with Crippen molar-refractivity contribution in [3.8, 4) is 34.2 Å². The lowest BCUT2D eigenvalue weighted by Crippen LogP contribution is -2.23. The third kappa shape index (κ3) is 5.00. The van der Waals surface area contributed by atoms with Gasteiger partial charge in [-0.1, -0.05) is 18.2 Å². The molecule has 1 amide bonds. The predicted molar refractivity (Wildman–Crippen MR) is 138 cm³/mol. The number of carbonyl (C=O) groups excluding carboxylic acids is 1. The zero-order chi connectivity index (χ0) is 25.7. The summed E-state index contributed by atoms with van der Waals surface area (Å²) < 4.78 is 17.2. The predicted octanol–water partition coefficient (Wildman–Crippen LogP) is 4.01. The van der Waals surface area contributed by atoms with E-state index >= 15 is 0 Å². The van der Waals surface area contributed by atoms with Crippen LogP contribution in [0, 0.1) is 0 Å². The Morgan fingerprint density at radius 2 is 1.47 bits per heavy atom. The third-order valence-corrected chi connectivity index (χ3v) is 5.58. The van der Waals surface area contributed by atoms with Crippen LogP contribution in [0.2, 0.25) is 0 Å². The number of aromatic nitrogens is 2. The molecule has 36 heavy (non-hydrogen) atoms. The molecular weight excluding hydrogens is 460 g/mol. The normalized spacial score (nSPS) is 11.2. The van der Waals surface area contributed by atoms with Crippen molar-refractivity contribution in [1.29, 1.82) is 0 Å². The van der Waals surface area contributed by atoms with Gasteiger partial charge >= 0.3 is 0 Å². The van der Waals surface area contributed by atoms with E-state index in [1.807, 2.05) is 54.6 Å². The lowest BCUT2D eigenvalue weighted by atomic mass is 10.1. The Morgan fingerprint density at radius 3 is 2.06 bits per heavy atom. The molecule has 0 aliphatic rings. The number of hydrogen-bond acceptors (Lipinski definition) is 6. The minimum absolute atomic E-state index is 0.300. The fraction of sp³-hybridized carbons (Fsp3) is 0.148. The van der Waals surface area contributed by atoms with Gasteiger partial charge in [0.15, 0.2) is 0 Å². The summed E-state index contributed by atoms with van der Waals surface area (Å²) in [5.74, 6) is 1.16. The van der Waals surface area contributed by atoms with E-state index in [4.69, 9.17) is 14.2 Å². The Balaban J connectivity index is 1.74. The average molecular weight is 487 g/mol. The molecule has 4 aromatic rings. The quantitative estimate of drug-likeness (QED) is 0.289. The number of nitrogens with zero attached hydrogens (tertiary/aromatic N) is 2. The maximum absolute atomic E-state index is 13.5. The number of carbonyl (C=O) groups is 1. The maximum Gasteiger partial charge on any atom is 0.281 e. The zero-order valence-electron chi connectivity index (χ0n) is 20.4. The van der Waals surface area contributed by atoms with Crippen molar-refractivity contribution in [3.63, 3.8) is 0 Å². The number of para-hydroxylation sites is 1. The highest BCUT2D eigenvalue weighted by molar-refractivity contribution is 6.04. The van der Waals surface area contributed by atoms with E-state index in [-0.39, 0.29) is 5.56 Å². The first kappa shape index (κ1) is 24.3. The Bertz CT molecular complexity index is 1430. The van der Waals surface area contributed by atoms with E-state index in [1.54, 1.807) is 32.2 Å². The van der Waals surface area contributed by atoms with Crippen molar-refractivity contribution in [2.24, 2.45) is 5.10 Å². The van der Waals surface area contributed by atoms with Gasteiger partial charge in [0.1, 0.15) is 17.2 Å². The number of methoxy groups -OCH3 is 3. The summed E-state index contributed by atoms with van der Waals surface area (Å²) >= 11 is 0. The molecular formula is C27H26N4O5. The Hall–Kier alpha value is -4.79. The van der Waals surface area contributed by atoms with Gasteiger partial charge in [0.25, 0.3) is 11.5 Å². The second kappa shape index (κ2) is 10.6. The van der Waals surface area contributed by atoms with Crippen molar-refractivity contribution in [3.05, 3.63) is 94.3 Å². The van der Waals surface area contributed by atoms with E-state index in [9.17, 15) is 9.59 Å². The lowest BCUT2D eigenvalue weighted by molar-refractivity contribution is 0.0954. The minimum atomic E-state index is -0.475. The number of amides is 1. The molecule has 0 saturated carbocycles. The topological polar surface area (TPSA) is 107 Å². The molecule has 0 radical (unpaired) electrons. The summed E-state index contributed by atoms with van der Waals surface area (Å²) in [5.41, 5.74) is 5.18. The molecule has 184 valence electrons. The van der Waals surface area contributed by atoms with Crippen LogP contribution >= 0.6 is 0 Å². The average Bonchev–Trinajstić information content (AvgIpc) is 3.28. The molecule has 1 heterocycles. The third-order valence-electron chi connectivity index (χ3n) is 5.58. The number of aromatic amines is 1. The Kier molecular flexibility index (Phi) is 7.20. The van der Waals surface area contributed by atoms with Crippen LogP contribution in [0.3, 0.4) is 0 Å². The van der Waals surface area contributed by atoms with Gasteiger partial charge in [0.05, 0.1) is 44.0 Å². The monoisotopic (exact) mass is 486 g/mol. The van der Waals surface area contributed by atoms with E-state index in [1.165, 1.54) is 18.9 Å². The highest BCUT2D eigenvalue weighted by Crippen LogP contribution is 2.25. The minimum Gasteiger partial charge on any atom is -0.497 e. The van der Waals surface area contributed by atoms with E-state index in [0.717, 1.165) is 5.56 Å². The first-order valence-electron chi connectivity index (χ1n) is 11.1. The van der Waals surface area contributed by atoms with Crippen molar-refractivity contribution in [1.82, 2.24) is 15.2 Å². The number of hydrogen-bond donors (Lipinski definition) is 2. The van der Waals surface area contributed by atoms with Gasteiger partial charge in [-0.15, -0.1) is 0 Å². The Labute approximate surface area is 207 Å². The molecule has 4 rings (SSSR count). The first-order valence-corrected chi connectivity index (χ1v) is 11.1. The standard InChI is InChI=1S/C27H26N4O5/c1-17(28-29-26(32)19-14-22(35-3)16-23(15-19)36-4)24-25(18-10-12-21(34-2)13-11-18)30-31(27(24)33)20-8-6-5-7-9-20/h5-16,30H,1-4H3,(H,29,32). The summed E-state index contributed by atoms with van der Waals surface area (Å²) in [6.45, 7) is 1.67. The van der Waals surface area contributed by atoms with Crippen LogP contribution in [0.15, 0.2) is 82.7 Å². The van der Waals surface area contributed by atoms with Gasteiger partial charge in [-0.3, -0.25) is 14.7 Å². The van der Waals surface area contributed by atoms with Gasteiger partial charge in [0.2, 0.25) is 0 Å². The molecule has 0 fully saturated rings. The molecule has 0 aliphatic heterocycles. The first-order chi connectivity index (χ1) is 17.4. The van der Waals surface area contributed by atoms with Crippen molar-refractivity contribution < 1.29 is 19.0 Å². The molecule has 9 heteroatoms. The molecule has 0 bridgehead atoms. The van der Waals surface area contributed by atoms with E-state index in [2.05, 4.69) is 15.6 Å². The summed E-state index contributed by atoms with van der Waals surface area (Å²) in [4.78, 5) is 26.3. The van der Waals surface area contributed by atoms with Crippen LogP contribution in [0.5, 0.6) is 17.2 Å². The highest BCUT2D eigenvalue weighted by Gasteiger charge is 2.20. The van der Waals surface area contributed by atoms with Gasteiger partial charge in [0, 0.05) is 17.2 Å². The smallest absolute Gasteiger partial charge is 0.281 e. The van der Waals surface area contributed by atoms with Crippen molar-refractivity contribution in [2.75, 3.05) is 21.3 Å². The largest absolute Gasteiger partial charge is 0.497 e. The van der Waals surface area contributed by atoms with Gasteiger partial charge in [-0.2, -0.15) is 5.10 Å². The van der Waals surface area contributed by atoms with Crippen LogP contribution < -0.4 is 25.2 Å². The number of nitrogens with one attached hydrogen (secondary N) is 2. The summed E-state index contributed by atoms with van der Waals surface area (Å²) in [5, 5.41) is 7.43. The molecule has 0 aliphatic carbocycles. The summed E-state index contributed by atoms with van der Waals surface area (Å²) in [7, 11) is 4.60. The molecule has 0 saturated heterocycles. The van der Waals surface area contributed by atoms with Crippen LogP contribution in [0.1, 0.15) is 22.8 Å². The molecule has 9 nitrogen and oxygen atoms in total. The summed E-state index contributed by atoms with van der Waals surface area (Å²) in [6.07, 6.45) is 0. The van der Waals surface area contributed by atoms with Crippen LogP contribution in [-0.4, -0.2) is 42.7 Å². The molecule has 1 aromatic heterocycles. The molecule has 2 N–H and O–H groups in total. The molecule has 3 aromatic carbocycles. The summed E-state index contributed by atoms with van der Waals surface area (Å²) in [6, 6.07) is 21.3. The van der Waals surface area contributed by atoms with Crippen molar-refractivity contribution in [2.45, 2.75) is 6.92 Å². The van der Waals surface area contributed by atoms with Gasteiger partial charge < -0.3 is 14.2 Å². The van der Waals surface area contributed by atoms with Gasteiger partial charge in [-0.25, -0.2) is 10.1 Å². The lowest BCUT2D eigenvalue weighted by Gasteiger charge is -2.08. The molecule has 0 spiro atoms. The van der Waals surface area contributed by atoms with Crippen molar-refractivity contribution >= 4 is 11.6 Å². The fourth-order valence-corrected chi connectivity index (χ4v) is 3.69.